The molecule has 3 heterocycles. The van der Waals surface area contributed by atoms with Gasteiger partial charge < -0.3 is 14.5 Å². The number of methoxy groups -OCH3 is 1. The number of nitrogens with zero attached hydrogens (tertiary/aromatic N) is 2. The Labute approximate surface area is 163 Å². The maximum atomic E-state index is 12.4. The number of piperidine rings is 2. The molecule has 0 spiro atoms. The van der Waals surface area contributed by atoms with Crippen molar-refractivity contribution in [2.75, 3.05) is 46.4 Å². The van der Waals surface area contributed by atoms with E-state index >= 15 is 0 Å². The van der Waals surface area contributed by atoms with Crippen molar-refractivity contribution in [2.45, 2.75) is 51.6 Å². The van der Waals surface area contributed by atoms with Gasteiger partial charge in [-0.2, -0.15) is 0 Å². The second-order valence-corrected chi connectivity index (χ2v) is 7.85. The van der Waals surface area contributed by atoms with Crippen molar-refractivity contribution in [3.8, 4) is 0 Å². The molecule has 2 fully saturated rings. The molecule has 1 atom stereocenters. The largest absolute Gasteiger partial charge is 0.465 e. The topological polar surface area (TPSA) is 58.0 Å². The number of carbonyl (C=O) groups is 1. The summed E-state index contributed by atoms with van der Waals surface area (Å²) in [5, 5.41) is 3.01. The van der Waals surface area contributed by atoms with E-state index in [-0.39, 0.29) is 11.8 Å². The molecule has 2 aliphatic rings. The molecule has 0 saturated carbocycles. The van der Waals surface area contributed by atoms with Gasteiger partial charge >= 0.3 is 0 Å². The van der Waals surface area contributed by atoms with Crippen LogP contribution in [0.15, 0.2) is 16.5 Å². The minimum absolute atomic E-state index is 0.129. The number of amides is 1. The summed E-state index contributed by atoms with van der Waals surface area (Å²) in [5.41, 5.74) is 0. The summed E-state index contributed by atoms with van der Waals surface area (Å²) in [7, 11) is 1.66. The fourth-order valence-electron chi connectivity index (χ4n) is 4.33. The zero-order chi connectivity index (χ0) is 19.1. The lowest BCUT2D eigenvalue weighted by molar-refractivity contribution is -0.127. The Balaban J connectivity index is 1.42. The Morgan fingerprint density at radius 2 is 2.00 bits per heavy atom. The first-order valence-corrected chi connectivity index (χ1v) is 10.5. The van der Waals surface area contributed by atoms with Gasteiger partial charge in [0.15, 0.2) is 0 Å². The van der Waals surface area contributed by atoms with Crippen LogP contribution in [0.4, 0.5) is 0 Å². The first kappa shape index (κ1) is 20.4. The highest BCUT2D eigenvalue weighted by Crippen LogP contribution is 2.25. The lowest BCUT2D eigenvalue weighted by atomic mass is 9.93. The summed E-state index contributed by atoms with van der Waals surface area (Å²) in [6.07, 6.45) is 5.44. The predicted molar refractivity (Wildman–Crippen MR) is 106 cm³/mol. The number of ether oxygens (including phenoxy) is 1. The molecule has 1 N–H and O–H groups in total. The predicted octanol–water partition coefficient (Wildman–Crippen LogP) is 2.28. The number of hydrogen-bond acceptors (Lipinski definition) is 5. The van der Waals surface area contributed by atoms with Gasteiger partial charge in [0.2, 0.25) is 5.91 Å². The van der Waals surface area contributed by atoms with Gasteiger partial charge in [-0.3, -0.25) is 14.6 Å². The van der Waals surface area contributed by atoms with Crippen molar-refractivity contribution in [1.29, 1.82) is 0 Å². The maximum absolute atomic E-state index is 12.4. The standard InChI is InChI=1S/C21H35N3O3/c1-3-19-6-7-20(27-19)16-23-12-8-18(9-13-23)24-11-4-5-17(15-24)21(25)22-10-14-26-2/h6-7,17-18H,3-5,8-16H2,1-2H3,(H,22,25)/t17-/m1/s1. The zero-order valence-corrected chi connectivity index (χ0v) is 16.9. The summed E-state index contributed by atoms with van der Waals surface area (Å²) in [6, 6.07) is 4.81. The van der Waals surface area contributed by atoms with Gasteiger partial charge in [0.05, 0.1) is 19.1 Å². The number of hydrogen-bond donors (Lipinski definition) is 1. The van der Waals surface area contributed by atoms with Gasteiger partial charge in [0.1, 0.15) is 11.5 Å². The van der Waals surface area contributed by atoms with Gasteiger partial charge in [-0.05, 0) is 44.4 Å². The molecule has 0 aliphatic carbocycles. The molecule has 2 aliphatic heterocycles. The molecule has 0 unspecified atom stereocenters. The first-order chi connectivity index (χ1) is 13.2. The maximum Gasteiger partial charge on any atom is 0.224 e. The van der Waals surface area contributed by atoms with Crippen LogP contribution in [0.3, 0.4) is 0 Å². The van der Waals surface area contributed by atoms with Gasteiger partial charge in [0, 0.05) is 45.8 Å². The Kier molecular flexibility index (Phi) is 7.73. The third kappa shape index (κ3) is 5.80. The van der Waals surface area contributed by atoms with Crippen molar-refractivity contribution >= 4 is 5.91 Å². The molecule has 27 heavy (non-hydrogen) atoms. The van der Waals surface area contributed by atoms with Crippen LogP contribution in [-0.4, -0.2) is 68.2 Å². The van der Waals surface area contributed by atoms with Crippen LogP contribution in [-0.2, 0) is 22.5 Å². The first-order valence-electron chi connectivity index (χ1n) is 10.5. The van der Waals surface area contributed by atoms with Gasteiger partial charge in [-0.15, -0.1) is 0 Å². The normalized spacial score (nSPS) is 22.8. The molecule has 6 heteroatoms. The van der Waals surface area contributed by atoms with E-state index in [1.165, 1.54) is 12.8 Å². The summed E-state index contributed by atoms with van der Waals surface area (Å²) in [6.45, 7) is 8.47. The molecule has 3 rings (SSSR count). The van der Waals surface area contributed by atoms with Crippen LogP contribution in [0.2, 0.25) is 0 Å². The number of furan rings is 1. The summed E-state index contributed by atoms with van der Waals surface area (Å²) < 4.78 is 10.9. The SMILES string of the molecule is CCc1ccc(CN2CCC(N3CCC[C@@H](C(=O)NCCOC)C3)CC2)o1. The lowest BCUT2D eigenvalue weighted by Gasteiger charge is -2.41. The fourth-order valence-corrected chi connectivity index (χ4v) is 4.33. The van der Waals surface area contributed by atoms with E-state index in [9.17, 15) is 4.79 Å². The average Bonchev–Trinajstić information content (AvgIpc) is 3.16. The molecule has 1 amide bonds. The molecule has 152 valence electrons. The molecule has 0 aromatic carbocycles. The third-order valence-corrected chi connectivity index (χ3v) is 5.95. The second kappa shape index (κ2) is 10.2. The van der Waals surface area contributed by atoms with E-state index in [2.05, 4.69) is 34.2 Å². The van der Waals surface area contributed by atoms with Crippen LogP contribution in [0, 0.1) is 5.92 Å². The highest BCUT2D eigenvalue weighted by Gasteiger charge is 2.31. The molecule has 1 aromatic heterocycles. The Bertz CT molecular complexity index is 581. The minimum atomic E-state index is 0.129. The average molecular weight is 378 g/mol. The zero-order valence-electron chi connectivity index (χ0n) is 16.9. The quantitative estimate of drug-likeness (QED) is 0.705. The molecule has 0 bridgehead atoms. The van der Waals surface area contributed by atoms with E-state index in [0.717, 1.165) is 63.5 Å². The van der Waals surface area contributed by atoms with Crippen LogP contribution in [0.1, 0.15) is 44.1 Å². The highest BCUT2D eigenvalue weighted by atomic mass is 16.5. The van der Waals surface area contributed by atoms with Crippen molar-refractivity contribution in [3.63, 3.8) is 0 Å². The van der Waals surface area contributed by atoms with Crippen LogP contribution >= 0.6 is 0 Å². The lowest BCUT2D eigenvalue weighted by Crippen LogP contribution is -2.50. The monoisotopic (exact) mass is 377 g/mol. The van der Waals surface area contributed by atoms with E-state index < -0.39 is 0 Å². The van der Waals surface area contributed by atoms with E-state index in [1.54, 1.807) is 7.11 Å². The smallest absolute Gasteiger partial charge is 0.224 e. The number of likely N-dealkylation sites (tertiary alicyclic amines) is 2. The summed E-state index contributed by atoms with van der Waals surface area (Å²) >= 11 is 0. The molecule has 0 radical (unpaired) electrons. The number of nitrogens with one attached hydrogen (secondary N) is 1. The highest BCUT2D eigenvalue weighted by molar-refractivity contribution is 5.78. The van der Waals surface area contributed by atoms with Gasteiger partial charge in [-0.25, -0.2) is 0 Å². The summed E-state index contributed by atoms with van der Waals surface area (Å²) in [5.74, 6) is 2.47. The van der Waals surface area contributed by atoms with Crippen molar-refractivity contribution in [2.24, 2.45) is 5.92 Å². The Hall–Kier alpha value is -1.37. The molecule has 1 aromatic rings. The second-order valence-electron chi connectivity index (χ2n) is 7.85. The van der Waals surface area contributed by atoms with E-state index in [4.69, 9.17) is 9.15 Å². The van der Waals surface area contributed by atoms with Crippen molar-refractivity contribution in [3.05, 3.63) is 23.7 Å². The van der Waals surface area contributed by atoms with Crippen LogP contribution < -0.4 is 5.32 Å². The fraction of sp³-hybridized carbons (Fsp3) is 0.762. The third-order valence-electron chi connectivity index (χ3n) is 5.95. The molecule has 6 nitrogen and oxygen atoms in total. The number of aryl methyl sites for hydroxylation is 1. The number of rotatable bonds is 8. The van der Waals surface area contributed by atoms with Crippen LogP contribution in [0.25, 0.3) is 0 Å². The number of carbonyl (C=O) groups excluding carboxylic acids is 1. The van der Waals surface area contributed by atoms with Gasteiger partial charge in [-0.1, -0.05) is 6.92 Å². The van der Waals surface area contributed by atoms with Gasteiger partial charge in [0.25, 0.3) is 0 Å². The van der Waals surface area contributed by atoms with Crippen molar-refractivity contribution in [1.82, 2.24) is 15.1 Å². The molecular formula is C21H35N3O3. The Morgan fingerprint density at radius 3 is 2.70 bits per heavy atom. The molecule has 2 saturated heterocycles. The Morgan fingerprint density at radius 1 is 1.22 bits per heavy atom. The molecular weight excluding hydrogens is 342 g/mol. The summed E-state index contributed by atoms with van der Waals surface area (Å²) in [4.78, 5) is 17.4. The minimum Gasteiger partial charge on any atom is -0.465 e. The van der Waals surface area contributed by atoms with Crippen molar-refractivity contribution < 1.29 is 13.9 Å². The van der Waals surface area contributed by atoms with Crippen LogP contribution in [0.5, 0.6) is 0 Å². The van der Waals surface area contributed by atoms with E-state index in [0.29, 0.717) is 19.2 Å². The van der Waals surface area contributed by atoms with E-state index in [1.807, 2.05) is 0 Å².